The van der Waals surface area contributed by atoms with Crippen molar-refractivity contribution < 1.29 is 14.6 Å². The second-order valence-electron chi connectivity index (χ2n) is 5.60. The number of aliphatic hydroxyl groups is 1. The molecule has 1 fully saturated rings. The van der Waals surface area contributed by atoms with Gasteiger partial charge in [-0.15, -0.1) is 0 Å². The van der Waals surface area contributed by atoms with Crippen LogP contribution >= 0.6 is 0 Å². The van der Waals surface area contributed by atoms with E-state index in [1.165, 1.54) is 0 Å². The third kappa shape index (κ3) is 5.02. The summed E-state index contributed by atoms with van der Waals surface area (Å²) in [7, 11) is 1.78. The second kappa shape index (κ2) is 8.00. The van der Waals surface area contributed by atoms with E-state index in [1.54, 1.807) is 11.9 Å². The topological polar surface area (TPSA) is 53.0 Å². The maximum Gasteiger partial charge on any atom is 0.409 e. The maximum atomic E-state index is 12.0. The Labute approximate surface area is 126 Å². The van der Waals surface area contributed by atoms with E-state index in [0.29, 0.717) is 19.1 Å². The van der Waals surface area contributed by atoms with Gasteiger partial charge in [0.05, 0.1) is 6.61 Å². The molecule has 0 aromatic heterocycles. The van der Waals surface area contributed by atoms with Crippen LogP contribution in [-0.2, 0) is 11.3 Å². The molecule has 1 unspecified atom stereocenters. The molecular weight excluding hydrogens is 268 g/mol. The lowest BCUT2D eigenvalue weighted by molar-refractivity contribution is 0.0994. The fourth-order valence-corrected chi connectivity index (χ4v) is 2.70. The van der Waals surface area contributed by atoms with Gasteiger partial charge >= 0.3 is 6.09 Å². The zero-order valence-corrected chi connectivity index (χ0v) is 12.6. The molecule has 0 spiro atoms. The molecule has 0 aliphatic carbocycles. The molecule has 0 saturated carbocycles. The van der Waals surface area contributed by atoms with Gasteiger partial charge in [0.15, 0.2) is 0 Å². The van der Waals surface area contributed by atoms with Crippen LogP contribution in [0, 0.1) is 5.92 Å². The van der Waals surface area contributed by atoms with Crippen LogP contribution in [0.3, 0.4) is 0 Å². The summed E-state index contributed by atoms with van der Waals surface area (Å²) < 4.78 is 5.31. The zero-order valence-electron chi connectivity index (χ0n) is 12.6. The monoisotopic (exact) mass is 292 g/mol. The van der Waals surface area contributed by atoms with Gasteiger partial charge in [-0.1, -0.05) is 30.3 Å². The molecule has 5 nitrogen and oxygen atoms in total. The third-order valence-electron chi connectivity index (χ3n) is 3.84. The van der Waals surface area contributed by atoms with Crippen molar-refractivity contribution in [1.29, 1.82) is 0 Å². The largest absolute Gasteiger partial charge is 0.445 e. The van der Waals surface area contributed by atoms with Crippen LogP contribution in [0.25, 0.3) is 0 Å². The number of likely N-dealkylation sites (tertiary alicyclic amines) is 1. The minimum absolute atomic E-state index is 0.196. The molecule has 1 amide bonds. The van der Waals surface area contributed by atoms with Crippen LogP contribution in [0.15, 0.2) is 30.3 Å². The van der Waals surface area contributed by atoms with Crippen LogP contribution in [0.5, 0.6) is 0 Å². The number of β-amino-alcohol motifs (C(OH)–C–C–N with tert-alkyl or cyclic N) is 1. The van der Waals surface area contributed by atoms with E-state index in [2.05, 4.69) is 4.90 Å². The number of amides is 1. The number of carbonyl (C=O) groups excluding carboxylic acids is 1. The first-order chi connectivity index (χ1) is 10.2. The summed E-state index contributed by atoms with van der Waals surface area (Å²) in [5, 5.41) is 8.94. The summed E-state index contributed by atoms with van der Waals surface area (Å²) >= 11 is 0. The van der Waals surface area contributed by atoms with Gasteiger partial charge in [-0.05, 0) is 24.4 Å². The highest BCUT2D eigenvalue weighted by atomic mass is 16.6. The van der Waals surface area contributed by atoms with Crippen molar-refractivity contribution in [1.82, 2.24) is 9.80 Å². The van der Waals surface area contributed by atoms with E-state index < -0.39 is 0 Å². The smallest absolute Gasteiger partial charge is 0.409 e. The van der Waals surface area contributed by atoms with Crippen molar-refractivity contribution in [2.24, 2.45) is 5.92 Å². The minimum atomic E-state index is -0.278. The van der Waals surface area contributed by atoms with Crippen LogP contribution in [-0.4, -0.2) is 60.8 Å². The average molecular weight is 292 g/mol. The third-order valence-corrected chi connectivity index (χ3v) is 3.84. The Morgan fingerprint density at radius 1 is 1.43 bits per heavy atom. The van der Waals surface area contributed by atoms with E-state index in [-0.39, 0.29) is 12.7 Å². The molecule has 5 heteroatoms. The van der Waals surface area contributed by atoms with Crippen LogP contribution in [0.2, 0.25) is 0 Å². The molecule has 1 aromatic carbocycles. The van der Waals surface area contributed by atoms with Crippen molar-refractivity contribution in [2.45, 2.75) is 13.0 Å². The van der Waals surface area contributed by atoms with E-state index in [9.17, 15) is 4.79 Å². The standard InChI is InChI=1S/C16H24N2O3/c1-17(11-15-7-8-18(12-15)9-10-19)16(20)21-13-14-5-3-2-4-6-14/h2-6,15,19H,7-13H2,1H3. The summed E-state index contributed by atoms with van der Waals surface area (Å²) in [5.74, 6) is 0.464. The number of aliphatic hydroxyl groups excluding tert-OH is 1. The van der Waals surface area contributed by atoms with Gasteiger partial charge in [0.2, 0.25) is 0 Å². The minimum Gasteiger partial charge on any atom is -0.445 e. The summed E-state index contributed by atoms with van der Waals surface area (Å²) in [5.41, 5.74) is 0.995. The van der Waals surface area contributed by atoms with Gasteiger partial charge in [0.1, 0.15) is 6.61 Å². The average Bonchev–Trinajstić information content (AvgIpc) is 2.93. The van der Waals surface area contributed by atoms with Crippen molar-refractivity contribution in [3.05, 3.63) is 35.9 Å². The Balaban J connectivity index is 1.70. The van der Waals surface area contributed by atoms with Gasteiger partial charge in [-0.3, -0.25) is 0 Å². The fraction of sp³-hybridized carbons (Fsp3) is 0.562. The van der Waals surface area contributed by atoms with Gasteiger partial charge < -0.3 is 19.6 Å². The van der Waals surface area contributed by atoms with Crippen LogP contribution in [0.4, 0.5) is 4.79 Å². The first-order valence-corrected chi connectivity index (χ1v) is 7.44. The van der Waals surface area contributed by atoms with E-state index in [1.807, 2.05) is 30.3 Å². The Bertz CT molecular complexity index is 438. The first-order valence-electron chi connectivity index (χ1n) is 7.44. The summed E-state index contributed by atoms with van der Waals surface area (Å²) in [6.07, 6.45) is 0.788. The number of carbonyl (C=O) groups is 1. The molecular formula is C16H24N2O3. The molecule has 2 rings (SSSR count). The number of rotatable bonds is 6. The molecule has 21 heavy (non-hydrogen) atoms. The predicted octanol–water partition coefficient (Wildman–Crippen LogP) is 1.57. The van der Waals surface area contributed by atoms with Crippen LogP contribution < -0.4 is 0 Å². The molecule has 1 aromatic rings. The lowest BCUT2D eigenvalue weighted by Gasteiger charge is -2.21. The number of benzene rings is 1. The molecule has 1 N–H and O–H groups in total. The lowest BCUT2D eigenvalue weighted by atomic mass is 10.1. The summed E-state index contributed by atoms with van der Waals surface area (Å²) in [4.78, 5) is 15.8. The summed E-state index contributed by atoms with van der Waals surface area (Å²) in [6, 6.07) is 9.69. The Morgan fingerprint density at radius 2 is 2.19 bits per heavy atom. The van der Waals surface area contributed by atoms with E-state index in [0.717, 1.165) is 31.6 Å². The van der Waals surface area contributed by atoms with Crippen LogP contribution in [0.1, 0.15) is 12.0 Å². The second-order valence-corrected chi connectivity index (χ2v) is 5.60. The van der Waals surface area contributed by atoms with Gasteiger partial charge in [0, 0.05) is 26.7 Å². The highest BCUT2D eigenvalue weighted by Crippen LogP contribution is 2.17. The Morgan fingerprint density at radius 3 is 2.90 bits per heavy atom. The molecule has 1 atom stereocenters. The van der Waals surface area contributed by atoms with Gasteiger partial charge in [-0.25, -0.2) is 4.79 Å². The van der Waals surface area contributed by atoms with Crippen molar-refractivity contribution in [2.75, 3.05) is 39.8 Å². The molecule has 1 aliphatic rings. The molecule has 0 radical (unpaired) electrons. The van der Waals surface area contributed by atoms with Gasteiger partial charge in [0.25, 0.3) is 0 Å². The highest BCUT2D eigenvalue weighted by molar-refractivity contribution is 5.67. The quantitative estimate of drug-likeness (QED) is 0.865. The maximum absolute atomic E-state index is 12.0. The number of hydrogen-bond donors (Lipinski definition) is 1. The van der Waals surface area contributed by atoms with Crippen molar-refractivity contribution >= 4 is 6.09 Å². The molecule has 1 heterocycles. The lowest BCUT2D eigenvalue weighted by Crippen LogP contribution is -2.33. The number of ether oxygens (including phenoxy) is 1. The molecule has 116 valence electrons. The van der Waals surface area contributed by atoms with E-state index >= 15 is 0 Å². The SMILES string of the molecule is CN(CC1CCN(CCO)C1)C(=O)OCc1ccccc1. The highest BCUT2D eigenvalue weighted by Gasteiger charge is 2.24. The van der Waals surface area contributed by atoms with Crippen molar-refractivity contribution in [3.63, 3.8) is 0 Å². The Kier molecular flexibility index (Phi) is 6.02. The fourth-order valence-electron chi connectivity index (χ4n) is 2.70. The van der Waals surface area contributed by atoms with Gasteiger partial charge in [-0.2, -0.15) is 0 Å². The molecule has 1 aliphatic heterocycles. The van der Waals surface area contributed by atoms with Crippen molar-refractivity contribution in [3.8, 4) is 0 Å². The predicted molar refractivity (Wildman–Crippen MR) is 80.9 cm³/mol. The normalized spacial score (nSPS) is 18.7. The number of hydrogen-bond acceptors (Lipinski definition) is 4. The molecule has 1 saturated heterocycles. The summed E-state index contributed by atoms with van der Waals surface area (Å²) in [6.45, 7) is 3.87. The number of nitrogens with zero attached hydrogens (tertiary/aromatic N) is 2. The molecule has 0 bridgehead atoms. The first kappa shape index (κ1) is 15.8. The van der Waals surface area contributed by atoms with E-state index in [4.69, 9.17) is 9.84 Å². The zero-order chi connectivity index (χ0) is 15.1. The Hall–Kier alpha value is -1.59.